The predicted molar refractivity (Wildman–Crippen MR) is 77.7 cm³/mol. The van der Waals surface area contributed by atoms with Crippen molar-refractivity contribution in [2.24, 2.45) is 5.73 Å². The quantitative estimate of drug-likeness (QED) is 0.699. The van der Waals surface area contributed by atoms with Crippen LogP contribution in [-0.4, -0.2) is 28.5 Å². The van der Waals surface area contributed by atoms with Gasteiger partial charge >= 0.3 is 0 Å². The summed E-state index contributed by atoms with van der Waals surface area (Å²) in [5.74, 6) is 1.09. The number of carbonyl (C=O) groups excluding carboxylic acids is 1. The first-order valence-corrected chi connectivity index (χ1v) is 8.40. The topological polar surface area (TPSA) is 55.1 Å². The Kier molecular flexibility index (Phi) is 4.96. The zero-order chi connectivity index (χ0) is 13.0. The Labute approximate surface area is 115 Å². The van der Waals surface area contributed by atoms with Crippen LogP contribution in [0.1, 0.15) is 58.3 Å². The molecular formula is C14H26N2OS. The predicted octanol–water partition coefficient (Wildman–Crippen LogP) is 2.44. The van der Waals surface area contributed by atoms with Crippen molar-refractivity contribution < 1.29 is 4.79 Å². The summed E-state index contributed by atoms with van der Waals surface area (Å²) in [5.41, 5.74) is 5.29. The maximum atomic E-state index is 11.9. The minimum atomic E-state index is -0.400. The molecule has 2 fully saturated rings. The molecule has 2 unspecified atom stereocenters. The summed E-state index contributed by atoms with van der Waals surface area (Å²) >= 11 is 2.04. The van der Waals surface area contributed by atoms with E-state index in [0.717, 1.165) is 19.3 Å². The smallest absolute Gasteiger partial charge is 0.237 e. The van der Waals surface area contributed by atoms with Crippen molar-refractivity contribution in [2.45, 2.75) is 75.1 Å². The third kappa shape index (κ3) is 3.64. The molecule has 3 nitrogen and oxygen atoms in total. The van der Waals surface area contributed by atoms with Gasteiger partial charge in [0, 0.05) is 11.3 Å². The minimum Gasteiger partial charge on any atom is -0.368 e. The lowest BCUT2D eigenvalue weighted by Gasteiger charge is -2.39. The van der Waals surface area contributed by atoms with Crippen LogP contribution in [0, 0.1) is 0 Å². The van der Waals surface area contributed by atoms with Gasteiger partial charge in [-0.2, -0.15) is 11.8 Å². The van der Waals surface area contributed by atoms with Gasteiger partial charge in [-0.25, -0.2) is 0 Å². The van der Waals surface area contributed by atoms with Crippen molar-refractivity contribution in [3.8, 4) is 0 Å². The van der Waals surface area contributed by atoms with Crippen molar-refractivity contribution >= 4 is 17.7 Å². The molecule has 2 aliphatic rings. The number of hydrogen-bond acceptors (Lipinski definition) is 3. The number of nitrogens with one attached hydrogen (secondary N) is 1. The van der Waals surface area contributed by atoms with Gasteiger partial charge in [-0.05, 0) is 50.7 Å². The maximum Gasteiger partial charge on any atom is 0.237 e. The molecule has 104 valence electrons. The molecule has 0 aromatic rings. The Morgan fingerprint density at radius 2 is 2.22 bits per heavy atom. The van der Waals surface area contributed by atoms with Crippen LogP contribution in [-0.2, 0) is 4.79 Å². The van der Waals surface area contributed by atoms with E-state index >= 15 is 0 Å². The summed E-state index contributed by atoms with van der Waals surface area (Å²) in [4.78, 5) is 11.9. The molecule has 0 aromatic carbocycles. The highest BCUT2D eigenvalue weighted by Gasteiger charge is 2.44. The van der Waals surface area contributed by atoms with E-state index < -0.39 is 5.54 Å². The fourth-order valence-corrected chi connectivity index (χ4v) is 4.33. The van der Waals surface area contributed by atoms with Crippen LogP contribution >= 0.6 is 11.8 Å². The molecule has 2 rings (SSSR count). The van der Waals surface area contributed by atoms with Crippen molar-refractivity contribution in [3.63, 3.8) is 0 Å². The van der Waals surface area contributed by atoms with Crippen LogP contribution in [0.5, 0.6) is 0 Å². The summed E-state index contributed by atoms with van der Waals surface area (Å²) in [5, 5.41) is 4.15. The Morgan fingerprint density at radius 1 is 1.44 bits per heavy atom. The molecule has 0 spiro atoms. The van der Waals surface area contributed by atoms with Gasteiger partial charge in [-0.15, -0.1) is 0 Å². The normalized spacial score (nSPS) is 32.4. The third-order valence-corrected chi connectivity index (χ3v) is 5.48. The molecule has 0 saturated heterocycles. The molecule has 2 aliphatic carbocycles. The summed E-state index contributed by atoms with van der Waals surface area (Å²) < 4.78 is 0. The van der Waals surface area contributed by atoms with E-state index in [0.29, 0.717) is 11.3 Å². The molecule has 4 heteroatoms. The summed E-state index contributed by atoms with van der Waals surface area (Å²) in [6, 6.07) is 0.553. The molecular weight excluding hydrogens is 244 g/mol. The highest BCUT2D eigenvalue weighted by molar-refractivity contribution is 7.99. The number of amides is 1. The van der Waals surface area contributed by atoms with Crippen LogP contribution in [0.25, 0.3) is 0 Å². The van der Waals surface area contributed by atoms with Gasteiger partial charge in [-0.3, -0.25) is 4.79 Å². The minimum absolute atomic E-state index is 0.129. The lowest BCUT2D eigenvalue weighted by Crippen LogP contribution is -2.59. The molecule has 18 heavy (non-hydrogen) atoms. The molecule has 2 atom stereocenters. The average molecular weight is 270 g/mol. The van der Waals surface area contributed by atoms with Gasteiger partial charge in [0.2, 0.25) is 5.91 Å². The van der Waals surface area contributed by atoms with Gasteiger partial charge in [-0.1, -0.05) is 13.3 Å². The van der Waals surface area contributed by atoms with Crippen LogP contribution in [0.3, 0.4) is 0 Å². The van der Waals surface area contributed by atoms with E-state index in [1.807, 2.05) is 11.8 Å². The van der Waals surface area contributed by atoms with E-state index in [-0.39, 0.29) is 5.91 Å². The fourth-order valence-electron chi connectivity index (χ4n) is 2.81. The molecule has 0 heterocycles. The summed E-state index contributed by atoms with van der Waals surface area (Å²) in [7, 11) is 0. The Morgan fingerprint density at radius 3 is 2.83 bits per heavy atom. The first-order valence-electron chi connectivity index (χ1n) is 7.35. The zero-order valence-electron chi connectivity index (χ0n) is 11.4. The molecule has 3 N–H and O–H groups in total. The van der Waals surface area contributed by atoms with E-state index in [9.17, 15) is 4.79 Å². The zero-order valence-corrected chi connectivity index (χ0v) is 12.2. The van der Waals surface area contributed by atoms with Crippen molar-refractivity contribution in [3.05, 3.63) is 0 Å². The van der Waals surface area contributed by atoms with Gasteiger partial charge in [0.05, 0.1) is 5.54 Å². The van der Waals surface area contributed by atoms with Gasteiger partial charge < -0.3 is 11.1 Å². The number of nitrogens with two attached hydrogens (primary N) is 1. The number of unbranched alkanes of at least 4 members (excludes halogenated alkanes) is 1. The van der Waals surface area contributed by atoms with E-state index in [1.54, 1.807) is 0 Å². The lowest BCUT2D eigenvalue weighted by atomic mass is 9.80. The van der Waals surface area contributed by atoms with Crippen molar-refractivity contribution in [2.75, 3.05) is 5.75 Å². The second-order valence-corrected chi connectivity index (χ2v) is 7.22. The third-order valence-electron chi connectivity index (χ3n) is 4.09. The SMILES string of the molecule is CCCCSC1CCCC(NC2CC2)(C(N)=O)C1. The first kappa shape index (κ1) is 14.2. The average Bonchev–Trinajstić information content (AvgIpc) is 3.13. The number of hydrogen-bond donors (Lipinski definition) is 2. The number of primary amides is 1. The van der Waals surface area contributed by atoms with E-state index in [4.69, 9.17) is 5.73 Å². The van der Waals surface area contributed by atoms with Crippen LogP contribution in [0.4, 0.5) is 0 Å². The Bertz CT molecular complexity index is 294. The van der Waals surface area contributed by atoms with Gasteiger partial charge in [0.15, 0.2) is 0 Å². The van der Waals surface area contributed by atoms with E-state index in [1.165, 1.54) is 37.9 Å². The molecule has 0 radical (unpaired) electrons. The maximum absolute atomic E-state index is 11.9. The molecule has 0 aliphatic heterocycles. The number of thioether (sulfide) groups is 1. The first-order chi connectivity index (χ1) is 8.66. The highest BCUT2D eigenvalue weighted by atomic mass is 32.2. The Hall–Kier alpha value is -0.220. The van der Waals surface area contributed by atoms with E-state index in [2.05, 4.69) is 12.2 Å². The van der Waals surface area contributed by atoms with Crippen LogP contribution in [0.2, 0.25) is 0 Å². The molecule has 1 amide bonds. The fraction of sp³-hybridized carbons (Fsp3) is 0.929. The van der Waals surface area contributed by atoms with Crippen molar-refractivity contribution in [1.29, 1.82) is 0 Å². The Balaban J connectivity index is 1.90. The number of rotatable bonds is 7. The summed E-state index contributed by atoms with van der Waals surface area (Å²) in [6.07, 6.45) is 9.20. The second kappa shape index (κ2) is 6.29. The largest absolute Gasteiger partial charge is 0.368 e. The van der Waals surface area contributed by atoms with Gasteiger partial charge in [0.25, 0.3) is 0 Å². The molecule has 0 bridgehead atoms. The monoisotopic (exact) mass is 270 g/mol. The molecule has 0 aromatic heterocycles. The highest BCUT2D eigenvalue weighted by Crippen LogP contribution is 2.37. The molecule has 2 saturated carbocycles. The lowest BCUT2D eigenvalue weighted by molar-refractivity contribution is -0.125. The van der Waals surface area contributed by atoms with Gasteiger partial charge in [0.1, 0.15) is 0 Å². The number of carbonyl (C=O) groups is 1. The van der Waals surface area contributed by atoms with Crippen LogP contribution in [0.15, 0.2) is 0 Å². The summed E-state index contributed by atoms with van der Waals surface area (Å²) in [6.45, 7) is 2.23. The van der Waals surface area contributed by atoms with Crippen molar-refractivity contribution in [1.82, 2.24) is 5.32 Å². The second-order valence-electron chi connectivity index (χ2n) is 5.81. The standard InChI is InChI=1S/C14H26N2OS/c1-2-3-9-18-12-5-4-8-14(10-12,13(15)17)16-11-6-7-11/h11-12,16H,2-10H2,1H3,(H2,15,17). The van der Waals surface area contributed by atoms with Crippen LogP contribution < -0.4 is 11.1 Å².